The van der Waals surface area contributed by atoms with Crippen molar-refractivity contribution in [1.82, 2.24) is 0 Å². The Morgan fingerprint density at radius 2 is 2.27 bits per heavy atom. The Kier molecular flexibility index (Phi) is 2.90. The lowest BCUT2D eigenvalue weighted by Crippen LogP contribution is -2.08. The predicted molar refractivity (Wildman–Crippen MR) is 59.4 cm³/mol. The highest BCUT2D eigenvalue weighted by Crippen LogP contribution is 2.20. The van der Waals surface area contributed by atoms with Crippen LogP contribution in [0.3, 0.4) is 0 Å². The molecule has 1 aliphatic rings. The van der Waals surface area contributed by atoms with Gasteiger partial charge in [0.2, 0.25) is 0 Å². The van der Waals surface area contributed by atoms with E-state index in [0.29, 0.717) is 25.2 Å². The van der Waals surface area contributed by atoms with Crippen molar-refractivity contribution < 1.29 is 9.47 Å². The molecule has 0 saturated carbocycles. The van der Waals surface area contributed by atoms with E-state index >= 15 is 0 Å². The highest BCUT2D eigenvalue weighted by Gasteiger charge is 2.10. The van der Waals surface area contributed by atoms with E-state index in [4.69, 9.17) is 9.47 Å². The molecule has 3 nitrogen and oxygen atoms in total. The van der Waals surface area contributed by atoms with Gasteiger partial charge in [0, 0.05) is 0 Å². The maximum Gasteiger partial charge on any atom is 0.389 e. The van der Waals surface area contributed by atoms with Gasteiger partial charge >= 0.3 is 6.08 Å². The summed E-state index contributed by atoms with van der Waals surface area (Å²) in [4.78, 5) is 4.08. The number of rotatable bonds is 2. The van der Waals surface area contributed by atoms with Crippen LogP contribution in [0.4, 0.5) is 0 Å². The number of ether oxygens (including phenoxy) is 2. The molecule has 0 unspecified atom stereocenters. The first-order chi connectivity index (χ1) is 7.25. The first-order valence-corrected chi connectivity index (χ1v) is 5.21. The largest absolute Gasteiger partial charge is 0.448 e. The maximum absolute atomic E-state index is 5.49. The third-order valence-corrected chi connectivity index (χ3v) is 2.29. The number of hydrogen-bond donors (Lipinski definition) is 0. The average Bonchev–Trinajstić information content (AvgIpc) is 2.71. The number of aliphatic imine (C=N–C) groups is 1. The molecule has 80 valence electrons. The molecule has 0 atom stereocenters. The fourth-order valence-corrected chi connectivity index (χ4v) is 1.42. The number of benzene rings is 1. The third-order valence-electron chi connectivity index (χ3n) is 2.29. The predicted octanol–water partition coefficient (Wildman–Crippen LogP) is 2.58. The minimum Gasteiger partial charge on any atom is -0.448 e. The molecule has 1 aliphatic heterocycles. The lowest BCUT2D eigenvalue weighted by Gasteiger charge is -2.08. The van der Waals surface area contributed by atoms with Crippen molar-refractivity contribution in [3.63, 3.8) is 0 Å². The zero-order valence-electron chi connectivity index (χ0n) is 9.06. The Morgan fingerprint density at radius 3 is 2.93 bits per heavy atom. The Labute approximate surface area is 89.7 Å². The minimum absolute atomic E-state index is 0.385. The van der Waals surface area contributed by atoms with Gasteiger partial charge in [-0.15, -0.1) is 0 Å². The smallest absolute Gasteiger partial charge is 0.389 e. The van der Waals surface area contributed by atoms with E-state index in [1.807, 2.05) is 18.2 Å². The van der Waals surface area contributed by atoms with Crippen LogP contribution in [0.2, 0.25) is 0 Å². The van der Waals surface area contributed by atoms with Gasteiger partial charge in [-0.25, -0.2) is 4.99 Å². The molecule has 0 aliphatic carbocycles. The van der Waals surface area contributed by atoms with E-state index in [-0.39, 0.29) is 0 Å². The van der Waals surface area contributed by atoms with Crippen molar-refractivity contribution in [3.05, 3.63) is 29.8 Å². The van der Waals surface area contributed by atoms with E-state index in [0.717, 1.165) is 5.75 Å². The molecule has 15 heavy (non-hydrogen) atoms. The molecule has 3 heteroatoms. The highest BCUT2D eigenvalue weighted by molar-refractivity contribution is 5.71. The quantitative estimate of drug-likeness (QED) is 0.743. The Hall–Kier alpha value is -1.51. The Bertz CT molecular complexity index is 372. The van der Waals surface area contributed by atoms with E-state index < -0.39 is 0 Å². The molecule has 0 aromatic heterocycles. The van der Waals surface area contributed by atoms with Crippen LogP contribution in [0, 0.1) is 0 Å². The summed E-state index contributed by atoms with van der Waals surface area (Å²) in [6.45, 7) is 5.63. The fourth-order valence-electron chi connectivity index (χ4n) is 1.42. The molecule has 2 rings (SSSR count). The van der Waals surface area contributed by atoms with Gasteiger partial charge in [0.05, 0.1) is 6.54 Å². The van der Waals surface area contributed by atoms with Crippen LogP contribution in [-0.4, -0.2) is 19.2 Å². The summed E-state index contributed by atoms with van der Waals surface area (Å²) >= 11 is 0. The van der Waals surface area contributed by atoms with Crippen molar-refractivity contribution in [2.45, 2.75) is 19.8 Å². The van der Waals surface area contributed by atoms with Gasteiger partial charge in [-0.2, -0.15) is 0 Å². The third kappa shape index (κ3) is 2.49. The zero-order chi connectivity index (χ0) is 10.7. The molecule has 0 saturated heterocycles. The molecule has 0 bridgehead atoms. The van der Waals surface area contributed by atoms with Crippen LogP contribution in [0.15, 0.2) is 29.3 Å². The standard InChI is InChI=1S/C12H15NO2/c1-9(2)10-4-3-5-11(8-10)15-12-13-6-7-14-12/h3-5,8-9H,6-7H2,1-2H3. The summed E-state index contributed by atoms with van der Waals surface area (Å²) in [5, 5.41) is 0. The second-order valence-corrected chi connectivity index (χ2v) is 3.83. The summed E-state index contributed by atoms with van der Waals surface area (Å²) in [5.74, 6) is 1.29. The van der Waals surface area contributed by atoms with Gasteiger partial charge in [0.25, 0.3) is 0 Å². The van der Waals surface area contributed by atoms with E-state index in [1.165, 1.54) is 5.56 Å². The average molecular weight is 205 g/mol. The van der Waals surface area contributed by atoms with Crippen molar-refractivity contribution in [1.29, 1.82) is 0 Å². The van der Waals surface area contributed by atoms with Crippen LogP contribution < -0.4 is 4.74 Å². The highest BCUT2D eigenvalue weighted by atomic mass is 16.7. The van der Waals surface area contributed by atoms with Crippen molar-refractivity contribution >= 4 is 6.08 Å². The zero-order valence-corrected chi connectivity index (χ0v) is 9.06. The molecule has 1 aromatic rings. The molecule has 0 amide bonds. The molecular weight excluding hydrogens is 190 g/mol. The number of nitrogens with zero attached hydrogens (tertiary/aromatic N) is 1. The maximum atomic E-state index is 5.49. The van der Waals surface area contributed by atoms with Crippen molar-refractivity contribution in [2.24, 2.45) is 4.99 Å². The Morgan fingerprint density at radius 1 is 1.40 bits per heavy atom. The van der Waals surface area contributed by atoms with E-state index in [2.05, 4.69) is 24.9 Å². The fraction of sp³-hybridized carbons (Fsp3) is 0.417. The molecule has 0 radical (unpaired) electrons. The first kappa shape index (κ1) is 10.0. The van der Waals surface area contributed by atoms with Crippen molar-refractivity contribution in [2.75, 3.05) is 13.2 Å². The van der Waals surface area contributed by atoms with Gasteiger partial charge < -0.3 is 9.47 Å². The summed E-state index contributed by atoms with van der Waals surface area (Å²) < 4.78 is 10.7. The molecular formula is C12H15NO2. The molecule has 1 heterocycles. The molecule has 0 fully saturated rings. The van der Waals surface area contributed by atoms with Crippen LogP contribution in [-0.2, 0) is 4.74 Å². The monoisotopic (exact) mass is 205 g/mol. The van der Waals surface area contributed by atoms with Gasteiger partial charge in [-0.3, -0.25) is 0 Å². The van der Waals surface area contributed by atoms with E-state index in [9.17, 15) is 0 Å². The molecule has 1 aromatic carbocycles. The van der Waals surface area contributed by atoms with Gasteiger partial charge in [-0.05, 0) is 23.6 Å². The van der Waals surface area contributed by atoms with Gasteiger partial charge in [-0.1, -0.05) is 26.0 Å². The minimum atomic E-state index is 0.385. The second kappa shape index (κ2) is 4.34. The van der Waals surface area contributed by atoms with Crippen LogP contribution in [0.1, 0.15) is 25.3 Å². The first-order valence-electron chi connectivity index (χ1n) is 5.21. The summed E-state index contributed by atoms with van der Waals surface area (Å²) in [7, 11) is 0. The van der Waals surface area contributed by atoms with Crippen LogP contribution in [0.5, 0.6) is 5.75 Å². The van der Waals surface area contributed by atoms with E-state index in [1.54, 1.807) is 0 Å². The van der Waals surface area contributed by atoms with Crippen molar-refractivity contribution in [3.8, 4) is 5.75 Å². The normalized spacial score (nSPS) is 15.0. The lowest BCUT2D eigenvalue weighted by atomic mass is 10.0. The lowest BCUT2D eigenvalue weighted by molar-refractivity contribution is 0.273. The SMILES string of the molecule is CC(C)c1cccc(OC2=NCCO2)c1. The van der Waals surface area contributed by atoms with Gasteiger partial charge in [0.15, 0.2) is 0 Å². The summed E-state index contributed by atoms with van der Waals surface area (Å²) in [5.41, 5.74) is 1.26. The van der Waals surface area contributed by atoms with Crippen LogP contribution >= 0.6 is 0 Å². The number of hydrogen-bond acceptors (Lipinski definition) is 3. The molecule has 0 N–H and O–H groups in total. The Balaban J connectivity index is 2.11. The van der Waals surface area contributed by atoms with Gasteiger partial charge in [0.1, 0.15) is 12.4 Å². The summed E-state index contributed by atoms with van der Waals surface area (Å²) in [6.07, 6.45) is 0.385. The van der Waals surface area contributed by atoms with Crippen LogP contribution in [0.25, 0.3) is 0 Å². The topological polar surface area (TPSA) is 30.8 Å². The molecule has 0 spiro atoms. The summed E-state index contributed by atoms with van der Waals surface area (Å²) in [6, 6.07) is 8.01. The second-order valence-electron chi connectivity index (χ2n) is 3.83.